The van der Waals surface area contributed by atoms with Gasteiger partial charge in [-0.2, -0.15) is 0 Å². The fourth-order valence-electron chi connectivity index (χ4n) is 4.41. The van der Waals surface area contributed by atoms with Gasteiger partial charge in [0.25, 0.3) is 5.91 Å². The van der Waals surface area contributed by atoms with Crippen molar-refractivity contribution >= 4 is 19.8 Å². The van der Waals surface area contributed by atoms with E-state index < -0.39 is 0 Å². The summed E-state index contributed by atoms with van der Waals surface area (Å²) in [4.78, 5) is 17.5. The van der Waals surface area contributed by atoms with E-state index in [0.29, 0.717) is 20.1 Å². The number of fused-ring (bicyclic) bond motifs is 1. The van der Waals surface area contributed by atoms with E-state index in [1.165, 1.54) is 23.1 Å². The summed E-state index contributed by atoms with van der Waals surface area (Å²) in [6.07, 6.45) is 10.7. The van der Waals surface area contributed by atoms with Crippen LogP contribution in [0.25, 0.3) is 5.31 Å². The smallest absolute Gasteiger partial charge is 0.252 e. The number of carbonyl (C=O) groups is 1. The summed E-state index contributed by atoms with van der Waals surface area (Å²) in [5.41, 5.74) is 4.80. The Morgan fingerprint density at radius 2 is 1.97 bits per heavy atom. The second-order valence-corrected chi connectivity index (χ2v) is 9.55. The molecule has 0 fully saturated rings. The van der Waals surface area contributed by atoms with Gasteiger partial charge in [0, 0.05) is 25.4 Å². The normalized spacial score (nSPS) is 22.4. The molecule has 0 aliphatic carbocycles. The van der Waals surface area contributed by atoms with Crippen molar-refractivity contribution in [3.63, 3.8) is 0 Å². The minimum absolute atomic E-state index is 0.0440. The van der Waals surface area contributed by atoms with Crippen molar-refractivity contribution in [2.75, 3.05) is 33.9 Å². The third kappa shape index (κ3) is 4.49. The molecule has 4 rings (SSSR count). The fraction of sp³-hybridized carbons (Fsp3) is 0.400. The number of ether oxygens (including phenoxy) is 2. The molecule has 3 aliphatic rings. The van der Waals surface area contributed by atoms with E-state index >= 15 is 0 Å². The molecule has 0 aromatic heterocycles. The van der Waals surface area contributed by atoms with Gasteiger partial charge < -0.3 is 14.4 Å². The molecule has 2 atom stereocenters. The zero-order chi connectivity index (χ0) is 22.0. The predicted molar refractivity (Wildman–Crippen MR) is 128 cm³/mol. The average Bonchev–Trinajstić information content (AvgIpc) is 2.79. The molecule has 0 saturated heterocycles. The van der Waals surface area contributed by atoms with Gasteiger partial charge in [0.05, 0.1) is 20.0 Å². The van der Waals surface area contributed by atoms with Crippen LogP contribution in [0.4, 0.5) is 0 Å². The number of amides is 1. The molecule has 1 aromatic carbocycles. The summed E-state index contributed by atoms with van der Waals surface area (Å²) in [6, 6.07) is 5.86. The Morgan fingerprint density at radius 1 is 1.16 bits per heavy atom. The lowest BCUT2D eigenvalue weighted by atomic mass is 9.96. The molecule has 1 amide bonds. The molecule has 164 valence electrons. The molecule has 1 aromatic rings. The van der Waals surface area contributed by atoms with Crippen LogP contribution in [0.3, 0.4) is 0 Å². The Hall–Kier alpha value is -2.36. The zero-order valence-electron chi connectivity index (χ0n) is 18.8. The molecular weight excluding hydrogens is 407 g/mol. The van der Waals surface area contributed by atoms with Gasteiger partial charge in [-0.05, 0) is 66.0 Å². The number of benzene rings is 1. The van der Waals surface area contributed by atoms with Gasteiger partial charge in [0.15, 0.2) is 11.5 Å². The predicted octanol–water partition coefficient (Wildman–Crippen LogP) is 4.78. The van der Waals surface area contributed by atoms with Crippen molar-refractivity contribution in [1.82, 2.24) is 9.80 Å². The summed E-state index contributed by atoms with van der Waals surface area (Å²) in [5, 5.41) is 1.06. The van der Waals surface area contributed by atoms with Gasteiger partial charge in [0.2, 0.25) is 0 Å². The highest BCUT2D eigenvalue weighted by atomic mass is 31.1. The van der Waals surface area contributed by atoms with E-state index in [-0.39, 0.29) is 11.7 Å². The van der Waals surface area contributed by atoms with Crippen molar-refractivity contribution in [1.29, 1.82) is 0 Å². The summed E-state index contributed by atoms with van der Waals surface area (Å²) < 4.78 is 10.8. The Kier molecular flexibility index (Phi) is 6.64. The van der Waals surface area contributed by atoms with Gasteiger partial charge in [-0.15, -0.1) is 0 Å². The van der Waals surface area contributed by atoms with Crippen molar-refractivity contribution in [2.24, 2.45) is 0 Å². The number of hydrogen-bond acceptors (Lipinski definition) is 4. The van der Waals surface area contributed by atoms with Crippen molar-refractivity contribution in [3.8, 4) is 11.5 Å². The van der Waals surface area contributed by atoms with Crippen LogP contribution in [-0.4, -0.2) is 55.3 Å². The molecule has 2 unspecified atom stereocenters. The minimum Gasteiger partial charge on any atom is -0.493 e. The van der Waals surface area contributed by atoms with Crippen molar-refractivity contribution < 1.29 is 14.3 Å². The molecule has 0 N–H and O–H groups in total. The van der Waals surface area contributed by atoms with Gasteiger partial charge in [-0.3, -0.25) is 9.69 Å². The average molecular weight is 439 g/mol. The van der Waals surface area contributed by atoms with E-state index in [4.69, 9.17) is 9.47 Å². The quantitative estimate of drug-likeness (QED) is 0.600. The van der Waals surface area contributed by atoms with Crippen LogP contribution in [0.15, 0.2) is 59.3 Å². The molecule has 3 aliphatic heterocycles. The maximum atomic E-state index is 13.1. The molecule has 0 saturated carbocycles. The lowest BCUT2D eigenvalue weighted by molar-refractivity contribution is -0.123. The van der Waals surface area contributed by atoms with Crippen LogP contribution in [0.1, 0.15) is 32.3 Å². The zero-order valence-corrected chi connectivity index (χ0v) is 19.8. The first kappa shape index (κ1) is 21.9. The number of methoxy groups -OCH3 is 2. The fourth-order valence-corrected chi connectivity index (χ4v) is 5.88. The standard InChI is InChI=1S/C25H31N2O3P/c1-5-10-26-11-8-18(9-12-26)20-13-17(2)25-27(16-20)24(28)15-23(31-25)19-6-7-21(29-3)22(14-19)30-4/h6-8,13-16,25,31H,5,9-12H2,1-4H3. The minimum atomic E-state index is 0.0440. The number of hydrogen-bond donors (Lipinski definition) is 0. The maximum Gasteiger partial charge on any atom is 0.252 e. The maximum absolute atomic E-state index is 13.1. The van der Waals surface area contributed by atoms with Crippen LogP contribution in [0, 0.1) is 0 Å². The van der Waals surface area contributed by atoms with E-state index in [0.717, 1.165) is 36.9 Å². The van der Waals surface area contributed by atoms with Crippen molar-refractivity contribution in [3.05, 3.63) is 64.9 Å². The third-order valence-electron chi connectivity index (χ3n) is 6.08. The Balaban J connectivity index is 1.58. The molecule has 0 bridgehead atoms. The molecular formula is C25H31N2O3P. The Bertz CT molecular complexity index is 992. The van der Waals surface area contributed by atoms with E-state index in [9.17, 15) is 4.79 Å². The SMILES string of the molecule is CCCN1CC=C(C2=CN3C(=O)C=C(c4ccc(OC)c(OC)c4)PC3C(C)=C2)CC1. The molecule has 3 heterocycles. The van der Waals surface area contributed by atoms with E-state index in [1.54, 1.807) is 20.3 Å². The van der Waals surface area contributed by atoms with Crippen molar-refractivity contribution in [2.45, 2.75) is 32.5 Å². The third-order valence-corrected chi connectivity index (χ3v) is 7.83. The number of nitrogens with zero attached hydrogens (tertiary/aromatic N) is 2. The highest BCUT2D eigenvalue weighted by Gasteiger charge is 2.32. The summed E-state index contributed by atoms with van der Waals surface area (Å²) in [6.45, 7) is 7.61. The van der Waals surface area contributed by atoms with Gasteiger partial charge in [-0.1, -0.05) is 33.7 Å². The monoisotopic (exact) mass is 438 g/mol. The number of rotatable bonds is 6. The Morgan fingerprint density at radius 3 is 2.65 bits per heavy atom. The first-order valence-electron chi connectivity index (χ1n) is 10.9. The van der Waals surface area contributed by atoms with Gasteiger partial charge in [0.1, 0.15) is 0 Å². The molecule has 5 nitrogen and oxygen atoms in total. The second-order valence-electron chi connectivity index (χ2n) is 8.17. The van der Waals surface area contributed by atoms with Crippen LogP contribution in [0.2, 0.25) is 0 Å². The topological polar surface area (TPSA) is 42.0 Å². The van der Waals surface area contributed by atoms with Crippen LogP contribution >= 0.6 is 8.58 Å². The number of carbonyl (C=O) groups excluding carboxylic acids is 1. The van der Waals surface area contributed by atoms with Gasteiger partial charge in [-0.25, -0.2) is 0 Å². The lowest BCUT2D eigenvalue weighted by Crippen LogP contribution is -2.38. The largest absolute Gasteiger partial charge is 0.493 e. The summed E-state index contributed by atoms with van der Waals surface area (Å²) >= 11 is 0. The van der Waals surface area contributed by atoms with Gasteiger partial charge >= 0.3 is 0 Å². The van der Waals surface area contributed by atoms with E-state index in [1.807, 2.05) is 23.1 Å². The van der Waals surface area contributed by atoms with E-state index in [2.05, 4.69) is 37.1 Å². The number of allylic oxidation sites excluding steroid dienone is 2. The molecule has 0 radical (unpaired) electrons. The first-order valence-corrected chi connectivity index (χ1v) is 12.0. The summed E-state index contributed by atoms with van der Waals surface area (Å²) in [5.74, 6) is 1.51. The second kappa shape index (κ2) is 9.42. The van der Waals surface area contributed by atoms with Crippen LogP contribution in [0.5, 0.6) is 11.5 Å². The molecule has 0 spiro atoms. The Labute approximate surface area is 186 Å². The molecule has 6 heteroatoms. The lowest BCUT2D eigenvalue weighted by Gasteiger charge is -2.37. The highest BCUT2D eigenvalue weighted by molar-refractivity contribution is 7.51. The van der Waals surface area contributed by atoms with Crippen LogP contribution in [-0.2, 0) is 4.79 Å². The van der Waals surface area contributed by atoms with Crippen LogP contribution < -0.4 is 9.47 Å². The molecule has 31 heavy (non-hydrogen) atoms. The first-order chi connectivity index (χ1) is 15.0. The summed E-state index contributed by atoms with van der Waals surface area (Å²) in [7, 11) is 3.75. The highest BCUT2D eigenvalue weighted by Crippen LogP contribution is 2.48.